The lowest BCUT2D eigenvalue weighted by Crippen LogP contribution is -2.31. The molecule has 33 heavy (non-hydrogen) atoms. The number of aryl methyl sites for hydroxylation is 1. The first-order chi connectivity index (χ1) is 15.7. The second-order valence-electron chi connectivity index (χ2n) is 7.15. The minimum Gasteiger partial charge on any atom is -0.483 e. The number of pyridine rings is 2. The van der Waals surface area contributed by atoms with Gasteiger partial charge in [0.2, 0.25) is 5.91 Å². The first-order valence-electron chi connectivity index (χ1n) is 9.85. The summed E-state index contributed by atoms with van der Waals surface area (Å²) in [6.07, 6.45) is -0.526. The Bertz CT molecular complexity index is 1090. The molecule has 0 aliphatic rings. The number of rotatable bonds is 9. The summed E-state index contributed by atoms with van der Waals surface area (Å²) in [5.74, 6) is -1.16. The van der Waals surface area contributed by atoms with Gasteiger partial charge in [0.1, 0.15) is 11.4 Å². The molecule has 1 unspecified atom stereocenters. The summed E-state index contributed by atoms with van der Waals surface area (Å²) in [4.78, 5) is 20.6. The largest absolute Gasteiger partial charge is 0.483 e. The van der Waals surface area contributed by atoms with Crippen LogP contribution in [0.25, 0.3) is 11.4 Å². The standard InChI is InChI=1S/C21H21F4N5O3/c1-30-18(4-6-28-30)20-15(22)8-13(10-27-20)9-19(32)29-17(5-7-31)16-3-2-14(11-26-16)33-12-21(23,24)25/h2-4,6,8,10-11,17,31H,5,7,9,12H2,1H3,(H,29,32). The quantitative estimate of drug-likeness (QED) is 0.470. The zero-order valence-corrected chi connectivity index (χ0v) is 17.5. The lowest BCUT2D eigenvalue weighted by molar-refractivity contribution is -0.153. The summed E-state index contributed by atoms with van der Waals surface area (Å²) in [5, 5.41) is 16.0. The minimum atomic E-state index is -4.48. The van der Waals surface area contributed by atoms with Crippen molar-refractivity contribution in [2.45, 2.75) is 25.1 Å². The first kappa shape index (κ1) is 24.1. The van der Waals surface area contributed by atoms with Crippen molar-refractivity contribution in [1.29, 1.82) is 0 Å². The van der Waals surface area contributed by atoms with Gasteiger partial charge < -0.3 is 15.2 Å². The van der Waals surface area contributed by atoms with Crippen LogP contribution < -0.4 is 10.1 Å². The number of aliphatic hydroxyl groups excluding tert-OH is 1. The predicted molar refractivity (Wildman–Crippen MR) is 108 cm³/mol. The number of aromatic nitrogens is 4. The molecule has 0 radical (unpaired) electrons. The fraction of sp³-hybridized carbons (Fsp3) is 0.333. The number of ether oxygens (including phenoxy) is 1. The summed E-state index contributed by atoms with van der Waals surface area (Å²) < 4.78 is 57.4. The predicted octanol–water partition coefficient (Wildman–Crippen LogP) is 2.74. The van der Waals surface area contributed by atoms with Gasteiger partial charge in [-0.15, -0.1) is 0 Å². The Morgan fingerprint density at radius 3 is 2.61 bits per heavy atom. The molecule has 0 aliphatic heterocycles. The third-order valence-electron chi connectivity index (χ3n) is 4.60. The van der Waals surface area contributed by atoms with Crippen molar-refractivity contribution in [2.75, 3.05) is 13.2 Å². The van der Waals surface area contributed by atoms with E-state index in [0.29, 0.717) is 17.0 Å². The Morgan fingerprint density at radius 1 is 1.24 bits per heavy atom. The number of carbonyl (C=O) groups is 1. The molecule has 3 aromatic heterocycles. The molecule has 12 heteroatoms. The van der Waals surface area contributed by atoms with Gasteiger partial charge in [-0.2, -0.15) is 18.3 Å². The highest BCUT2D eigenvalue weighted by Gasteiger charge is 2.28. The molecule has 0 spiro atoms. The molecular formula is C21H21F4N5O3. The van der Waals surface area contributed by atoms with Gasteiger partial charge in [0.15, 0.2) is 12.4 Å². The number of aliphatic hydroxyl groups is 1. The van der Waals surface area contributed by atoms with E-state index in [1.807, 2.05) is 0 Å². The van der Waals surface area contributed by atoms with Gasteiger partial charge in [-0.3, -0.25) is 19.4 Å². The van der Waals surface area contributed by atoms with Crippen LogP contribution in [0.1, 0.15) is 23.7 Å². The summed E-state index contributed by atoms with van der Waals surface area (Å²) in [6, 6.07) is 4.81. The van der Waals surface area contributed by atoms with Crippen LogP contribution in [0.3, 0.4) is 0 Å². The fourth-order valence-corrected chi connectivity index (χ4v) is 3.07. The maximum absolute atomic E-state index is 14.5. The Morgan fingerprint density at radius 2 is 2.03 bits per heavy atom. The lowest BCUT2D eigenvalue weighted by Gasteiger charge is -2.18. The molecule has 0 bridgehead atoms. The molecule has 1 atom stereocenters. The Balaban J connectivity index is 1.64. The highest BCUT2D eigenvalue weighted by Crippen LogP contribution is 2.22. The van der Waals surface area contributed by atoms with Crippen LogP contribution in [0.2, 0.25) is 0 Å². The number of alkyl halides is 3. The normalized spacial score (nSPS) is 12.4. The molecule has 176 valence electrons. The van der Waals surface area contributed by atoms with Crippen LogP contribution in [-0.4, -0.2) is 50.2 Å². The zero-order chi connectivity index (χ0) is 24.0. The van der Waals surface area contributed by atoms with Crippen LogP contribution in [0.4, 0.5) is 17.6 Å². The van der Waals surface area contributed by atoms with E-state index in [9.17, 15) is 27.5 Å². The van der Waals surface area contributed by atoms with Crippen molar-refractivity contribution < 1.29 is 32.2 Å². The van der Waals surface area contributed by atoms with E-state index >= 15 is 0 Å². The second kappa shape index (κ2) is 10.4. The van der Waals surface area contributed by atoms with E-state index in [4.69, 9.17) is 0 Å². The molecule has 3 aromatic rings. The van der Waals surface area contributed by atoms with Crippen molar-refractivity contribution >= 4 is 5.91 Å². The van der Waals surface area contributed by atoms with Crippen molar-refractivity contribution in [1.82, 2.24) is 25.1 Å². The number of nitrogens with zero attached hydrogens (tertiary/aromatic N) is 4. The monoisotopic (exact) mass is 467 g/mol. The van der Waals surface area contributed by atoms with Gasteiger partial charge in [-0.25, -0.2) is 4.39 Å². The number of amides is 1. The highest BCUT2D eigenvalue weighted by molar-refractivity contribution is 5.79. The van der Waals surface area contributed by atoms with Gasteiger partial charge in [-0.05, 0) is 36.2 Å². The van der Waals surface area contributed by atoms with Crippen LogP contribution in [-0.2, 0) is 18.3 Å². The molecule has 1 amide bonds. The van der Waals surface area contributed by atoms with Crippen LogP contribution in [0.5, 0.6) is 5.75 Å². The first-order valence-corrected chi connectivity index (χ1v) is 9.85. The summed E-state index contributed by atoms with van der Waals surface area (Å²) in [7, 11) is 1.65. The average Bonchev–Trinajstić information content (AvgIpc) is 3.17. The molecule has 0 aromatic carbocycles. The van der Waals surface area contributed by atoms with Crippen molar-refractivity contribution in [3.05, 3.63) is 59.9 Å². The maximum Gasteiger partial charge on any atom is 0.422 e. The van der Waals surface area contributed by atoms with E-state index in [1.54, 1.807) is 13.1 Å². The van der Waals surface area contributed by atoms with Crippen molar-refractivity contribution in [3.8, 4) is 17.1 Å². The van der Waals surface area contributed by atoms with E-state index in [2.05, 4.69) is 25.1 Å². The fourth-order valence-electron chi connectivity index (χ4n) is 3.07. The zero-order valence-electron chi connectivity index (χ0n) is 17.5. The third kappa shape index (κ3) is 6.72. The highest BCUT2D eigenvalue weighted by atomic mass is 19.4. The topological polar surface area (TPSA) is 102 Å². The molecule has 2 N–H and O–H groups in total. The molecular weight excluding hydrogens is 446 g/mol. The Hall–Kier alpha value is -3.54. The number of carbonyl (C=O) groups excluding carboxylic acids is 1. The van der Waals surface area contributed by atoms with Gasteiger partial charge in [0.25, 0.3) is 0 Å². The minimum absolute atomic E-state index is 0.0831. The molecule has 3 heterocycles. The summed E-state index contributed by atoms with van der Waals surface area (Å²) in [6.45, 7) is -1.72. The molecule has 3 rings (SSSR count). The Labute approximate surface area is 186 Å². The maximum atomic E-state index is 14.5. The smallest absolute Gasteiger partial charge is 0.422 e. The van der Waals surface area contributed by atoms with Crippen molar-refractivity contribution in [3.63, 3.8) is 0 Å². The van der Waals surface area contributed by atoms with Crippen LogP contribution in [0, 0.1) is 5.82 Å². The summed E-state index contributed by atoms with van der Waals surface area (Å²) >= 11 is 0. The lowest BCUT2D eigenvalue weighted by atomic mass is 10.1. The average molecular weight is 467 g/mol. The van der Waals surface area contributed by atoms with E-state index < -0.39 is 30.5 Å². The molecule has 0 aliphatic carbocycles. The van der Waals surface area contributed by atoms with Gasteiger partial charge in [-0.1, -0.05) is 0 Å². The molecule has 0 fully saturated rings. The van der Waals surface area contributed by atoms with E-state index in [0.717, 1.165) is 6.20 Å². The van der Waals surface area contributed by atoms with Crippen LogP contribution in [0.15, 0.2) is 42.9 Å². The van der Waals surface area contributed by atoms with Crippen LogP contribution >= 0.6 is 0 Å². The number of hydrogen-bond donors (Lipinski definition) is 2. The molecule has 0 saturated carbocycles. The second-order valence-corrected chi connectivity index (χ2v) is 7.15. The van der Waals surface area contributed by atoms with E-state index in [-0.39, 0.29) is 30.9 Å². The van der Waals surface area contributed by atoms with Gasteiger partial charge in [0.05, 0.1) is 30.0 Å². The Kier molecular flexibility index (Phi) is 7.59. The molecule has 8 nitrogen and oxygen atoms in total. The molecule has 0 saturated heterocycles. The van der Waals surface area contributed by atoms with Crippen molar-refractivity contribution in [2.24, 2.45) is 7.05 Å². The summed E-state index contributed by atoms with van der Waals surface area (Å²) in [5.41, 5.74) is 1.25. The third-order valence-corrected chi connectivity index (χ3v) is 4.60. The number of halogens is 4. The number of nitrogens with one attached hydrogen (secondary N) is 1. The SMILES string of the molecule is Cn1nccc1-c1ncc(CC(=O)NC(CCO)c2ccc(OCC(F)(F)F)cn2)cc1F. The van der Waals surface area contributed by atoms with Gasteiger partial charge in [0, 0.05) is 26.0 Å². The van der Waals surface area contributed by atoms with Gasteiger partial charge >= 0.3 is 6.18 Å². The van der Waals surface area contributed by atoms with E-state index in [1.165, 1.54) is 35.3 Å². The number of hydrogen-bond acceptors (Lipinski definition) is 6.